The Bertz CT molecular complexity index is 611. The minimum absolute atomic E-state index is 0.746. The molecule has 1 nitrogen and oxygen atoms in total. The smallest absolute Gasteiger partial charge is 0.150 e. The van der Waals surface area contributed by atoms with Gasteiger partial charge >= 0.3 is 0 Å². The molecule has 1 heteroatoms. The Morgan fingerprint density at radius 1 is 1.00 bits per heavy atom. The quantitative estimate of drug-likeness (QED) is 0.721. The molecular formula is C17H16O. The lowest BCUT2D eigenvalue weighted by atomic mass is 9.96. The summed E-state index contributed by atoms with van der Waals surface area (Å²) in [7, 11) is 0. The van der Waals surface area contributed by atoms with Crippen LogP contribution in [-0.2, 0) is 12.8 Å². The van der Waals surface area contributed by atoms with Crippen LogP contribution < -0.4 is 0 Å². The molecule has 0 aromatic heterocycles. The summed E-state index contributed by atoms with van der Waals surface area (Å²) in [5, 5.41) is 0. The van der Waals surface area contributed by atoms with Gasteiger partial charge in [0.15, 0.2) is 0 Å². The molecule has 0 heterocycles. The Morgan fingerprint density at radius 2 is 1.83 bits per heavy atom. The SMILES string of the molecule is Cc1ccc(C=O)cc1-c1ccc2c(c1)CCC2. The topological polar surface area (TPSA) is 17.1 Å². The Balaban J connectivity index is 2.11. The van der Waals surface area contributed by atoms with E-state index in [4.69, 9.17) is 0 Å². The lowest BCUT2D eigenvalue weighted by Crippen LogP contribution is -1.89. The highest BCUT2D eigenvalue weighted by atomic mass is 16.1. The summed E-state index contributed by atoms with van der Waals surface area (Å²) >= 11 is 0. The van der Waals surface area contributed by atoms with Gasteiger partial charge in [0.2, 0.25) is 0 Å². The van der Waals surface area contributed by atoms with E-state index >= 15 is 0 Å². The molecule has 3 rings (SSSR count). The van der Waals surface area contributed by atoms with Gasteiger partial charge in [-0.15, -0.1) is 0 Å². The van der Waals surface area contributed by atoms with E-state index in [1.54, 1.807) is 0 Å². The van der Waals surface area contributed by atoms with Gasteiger partial charge in [-0.2, -0.15) is 0 Å². The Hall–Kier alpha value is -1.89. The van der Waals surface area contributed by atoms with Gasteiger partial charge in [0.1, 0.15) is 6.29 Å². The van der Waals surface area contributed by atoms with Gasteiger partial charge in [-0.1, -0.05) is 30.3 Å². The second-order valence-electron chi connectivity index (χ2n) is 5.03. The van der Waals surface area contributed by atoms with E-state index in [-0.39, 0.29) is 0 Å². The summed E-state index contributed by atoms with van der Waals surface area (Å²) in [5.74, 6) is 0. The summed E-state index contributed by atoms with van der Waals surface area (Å²) < 4.78 is 0. The average molecular weight is 236 g/mol. The van der Waals surface area contributed by atoms with E-state index in [2.05, 4.69) is 25.1 Å². The van der Waals surface area contributed by atoms with Crippen LogP contribution in [0.25, 0.3) is 11.1 Å². The summed E-state index contributed by atoms with van der Waals surface area (Å²) in [5.41, 5.74) is 7.34. The van der Waals surface area contributed by atoms with Crippen LogP contribution in [0.1, 0.15) is 33.5 Å². The first kappa shape index (κ1) is 11.2. The van der Waals surface area contributed by atoms with E-state index in [0.29, 0.717) is 0 Å². The molecule has 1 aliphatic rings. The molecule has 0 amide bonds. The molecule has 90 valence electrons. The predicted octanol–water partition coefficient (Wildman–Crippen LogP) is 3.96. The zero-order chi connectivity index (χ0) is 12.5. The Morgan fingerprint density at radius 3 is 2.67 bits per heavy atom. The first-order valence-corrected chi connectivity index (χ1v) is 6.46. The van der Waals surface area contributed by atoms with Gasteiger partial charge in [-0.25, -0.2) is 0 Å². The number of benzene rings is 2. The van der Waals surface area contributed by atoms with Gasteiger partial charge in [0.05, 0.1) is 0 Å². The molecule has 18 heavy (non-hydrogen) atoms. The summed E-state index contributed by atoms with van der Waals surface area (Å²) in [4.78, 5) is 10.9. The Labute approximate surface area is 107 Å². The number of fused-ring (bicyclic) bond motifs is 1. The van der Waals surface area contributed by atoms with Gasteiger partial charge < -0.3 is 0 Å². The third-order valence-electron chi connectivity index (χ3n) is 3.81. The monoisotopic (exact) mass is 236 g/mol. The molecule has 0 spiro atoms. The first-order chi connectivity index (χ1) is 8.78. The van der Waals surface area contributed by atoms with Crippen molar-refractivity contribution in [2.24, 2.45) is 0 Å². The number of carbonyl (C=O) groups is 1. The van der Waals surface area contributed by atoms with E-state index in [9.17, 15) is 4.79 Å². The van der Waals surface area contributed by atoms with Crippen LogP contribution in [0, 0.1) is 6.92 Å². The van der Waals surface area contributed by atoms with Crippen LogP contribution in [0.2, 0.25) is 0 Å². The second-order valence-corrected chi connectivity index (χ2v) is 5.03. The first-order valence-electron chi connectivity index (χ1n) is 6.46. The zero-order valence-corrected chi connectivity index (χ0v) is 10.6. The molecular weight excluding hydrogens is 220 g/mol. The third kappa shape index (κ3) is 1.86. The number of carbonyl (C=O) groups excluding carboxylic acids is 1. The molecule has 0 unspecified atom stereocenters. The number of rotatable bonds is 2. The standard InChI is InChI=1S/C17H16O/c1-12-5-6-13(11-18)9-17(12)16-8-7-14-3-2-4-15(14)10-16/h5-11H,2-4H2,1H3. The van der Waals surface area contributed by atoms with E-state index < -0.39 is 0 Å². The maximum atomic E-state index is 10.9. The molecule has 2 aromatic carbocycles. The van der Waals surface area contributed by atoms with E-state index in [1.807, 2.05) is 18.2 Å². The summed E-state index contributed by atoms with van der Waals surface area (Å²) in [6.45, 7) is 2.09. The molecule has 0 aliphatic heterocycles. The number of aryl methyl sites for hydroxylation is 3. The molecule has 0 saturated carbocycles. The van der Waals surface area contributed by atoms with Crippen molar-refractivity contribution in [3.63, 3.8) is 0 Å². The van der Waals surface area contributed by atoms with Crippen LogP contribution in [-0.4, -0.2) is 6.29 Å². The maximum Gasteiger partial charge on any atom is 0.150 e. The maximum absolute atomic E-state index is 10.9. The molecule has 0 radical (unpaired) electrons. The fraction of sp³-hybridized carbons (Fsp3) is 0.235. The van der Waals surface area contributed by atoms with Crippen molar-refractivity contribution >= 4 is 6.29 Å². The highest BCUT2D eigenvalue weighted by molar-refractivity contribution is 5.80. The van der Waals surface area contributed by atoms with Crippen LogP contribution in [0.5, 0.6) is 0 Å². The molecule has 0 N–H and O–H groups in total. The van der Waals surface area contributed by atoms with Crippen LogP contribution in [0.15, 0.2) is 36.4 Å². The molecule has 0 bridgehead atoms. The van der Waals surface area contributed by atoms with Crippen molar-refractivity contribution in [3.05, 3.63) is 58.7 Å². The molecule has 0 saturated heterocycles. The largest absolute Gasteiger partial charge is 0.298 e. The highest BCUT2D eigenvalue weighted by Crippen LogP contribution is 2.30. The number of hydrogen-bond donors (Lipinski definition) is 0. The molecule has 0 atom stereocenters. The van der Waals surface area contributed by atoms with Crippen LogP contribution >= 0.6 is 0 Å². The second kappa shape index (κ2) is 4.41. The lowest BCUT2D eigenvalue weighted by molar-refractivity contribution is 0.112. The minimum atomic E-state index is 0.746. The normalized spacial score (nSPS) is 13.4. The summed E-state index contributed by atoms with van der Waals surface area (Å²) in [6.07, 6.45) is 4.58. The van der Waals surface area contributed by atoms with E-state index in [0.717, 1.165) is 11.8 Å². The van der Waals surface area contributed by atoms with Gasteiger partial charge in [0, 0.05) is 5.56 Å². The van der Waals surface area contributed by atoms with Crippen molar-refractivity contribution < 1.29 is 4.79 Å². The van der Waals surface area contributed by atoms with Crippen molar-refractivity contribution in [2.45, 2.75) is 26.2 Å². The van der Waals surface area contributed by atoms with Crippen LogP contribution in [0.3, 0.4) is 0 Å². The Kier molecular flexibility index (Phi) is 2.75. The predicted molar refractivity (Wildman–Crippen MR) is 74.0 cm³/mol. The fourth-order valence-electron chi connectivity index (χ4n) is 2.76. The van der Waals surface area contributed by atoms with Crippen molar-refractivity contribution in [1.29, 1.82) is 0 Å². The van der Waals surface area contributed by atoms with E-state index in [1.165, 1.54) is 47.1 Å². The molecule has 1 aliphatic carbocycles. The number of hydrogen-bond acceptors (Lipinski definition) is 1. The third-order valence-corrected chi connectivity index (χ3v) is 3.81. The number of aldehydes is 1. The van der Waals surface area contributed by atoms with Crippen molar-refractivity contribution in [1.82, 2.24) is 0 Å². The van der Waals surface area contributed by atoms with Gasteiger partial charge in [-0.05, 0) is 60.1 Å². The van der Waals surface area contributed by atoms with Crippen molar-refractivity contribution in [3.8, 4) is 11.1 Å². The van der Waals surface area contributed by atoms with Gasteiger partial charge in [-0.3, -0.25) is 4.79 Å². The van der Waals surface area contributed by atoms with Crippen LogP contribution in [0.4, 0.5) is 0 Å². The summed E-state index contributed by atoms with van der Waals surface area (Å²) in [6, 6.07) is 12.6. The average Bonchev–Trinajstić information content (AvgIpc) is 2.86. The fourth-order valence-corrected chi connectivity index (χ4v) is 2.76. The molecule has 0 fully saturated rings. The van der Waals surface area contributed by atoms with Gasteiger partial charge in [0.25, 0.3) is 0 Å². The zero-order valence-electron chi connectivity index (χ0n) is 10.6. The lowest BCUT2D eigenvalue weighted by Gasteiger charge is -2.09. The highest BCUT2D eigenvalue weighted by Gasteiger charge is 2.12. The minimum Gasteiger partial charge on any atom is -0.298 e. The molecule has 2 aromatic rings. The van der Waals surface area contributed by atoms with Crippen molar-refractivity contribution in [2.75, 3.05) is 0 Å².